The summed E-state index contributed by atoms with van der Waals surface area (Å²) in [7, 11) is 0. The molecular weight excluding hydrogens is 336 g/mol. The number of nitrogens with one attached hydrogen (secondary N) is 1. The van der Waals surface area contributed by atoms with Gasteiger partial charge in [0.25, 0.3) is 0 Å². The van der Waals surface area contributed by atoms with Gasteiger partial charge in [-0.2, -0.15) is 5.10 Å². The van der Waals surface area contributed by atoms with Gasteiger partial charge >= 0.3 is 0 Å². The van der Waals surface area contributed by atoms with Crippen LogP contribution in [0.15, 0.2) is 36.5 Å². The van der Waals surface area contributed by atoms with E-state index in [4.69, 9.17) is 9.84 Å². The Labute approximate surface area is 151 Å². The standard InChI is InChI=1S/C18H22N4O2S/c1-3-24-16-7-5-4-6-14(16)12-19-18-20-13(2)17(25-18)15-8-9-22(21-15)10-11-23/h4-9,23H,3,10-12H2,1-2H3,(H,19,20). The number of aryl methyl sites for hydroxylation is 1. The van der Waals surface area contributed by atoms with E-state index in [0.29, 0.717) is 19.7 Å². The van der Waals surface area contributed by atoms with Gasteiger partial charge in [0.15, 0.2) is 5.13 Å². The van der Waals surface area contributed by atoms with E-state index in [2.05, 4.69) is 21.5 Å². The second-order valence-corrected chi connectivity index (χ2v) is 6.51. The highest BCUT2D eigenvalue weighted by molar-refractivity contribution is 7.19. The van der Waals surface area contributed by atoms with Gasteiger partial charge in [0, 0.05) is 18.3 Å². The van der Waals surface area contributed by atoms with E-state index in [-0.39, 0.29) is 6.61 Å². The maximum Gasteiger partial charge on any atom is 0.183 e. The number of rotatable bonds is 8. The third-order valence-corrected chi connectivity index (χ3v) is 4.84. The molecule has 0 saturated heterocycles. The lowest BCUT2D eigenvalue weighted by atomic mass is 10.2. The Morgan fingerprint density at radius 2 is 2.12 bits per heavy atom. The Morgan fingerprint density at radius 3 is 2.92 bits per heavy atom. The van der Waals surface area contributed by atoms with E-state index in [0.717, 1.165) is 32.7 Å². The quantitative estimate of drug-likeness (QED) is 0.646. The molecular formula is C18H22N4O2S. The maximum atomic E-state index is 9.01. The van der Waals surface area contributed by atoms with Crippen molar-refractivity contribution < 1.29 is 9.84 Å². The minimum absolute atomic E-state index is 0.0782. The number of hydrogen-bond acceptors (Lipinski definition) is 6. The average molecular weight is 358 g/mol. The molecule has 0 amide bonds. The van der Waals surface area contributed by atoms with E-state index in [9.17, 15) is 0 Å². The van der Waals surface area contributed by atoms with Gasteiger partial charge in [-0.05, 0) is 26.0 Å². The van der Waals surface area contributed by atoms with Crippen molar-refractivity contribution in [3.8, 4) is 16.3 Å². The number of aliphatic hydroxyl groups excluding tert-OH is 1. The van der Waals surface area contributed by atoms with E-state index < -0.39 is 0 Å². The molecule has 0 fully saturated rings. The number of thiazole rings is 1. The largest absolute Gasteiger partial charge is 0.494 e. The number of benzene rings is 1. The van der Waals surface area contributed by atoms with Crippen molar-refractivity contribution in [2.45, 2.75) is 26.9 Å². The van der Waals surface area contributed by atoms with Crippen LogP contribution < -0.4 is 10.1 Å². The zero-order chi connectivity index (χ0) is 17.6. The molecule has 2 N–H and O–H groups in total. The topological polar surface area (TPSA) is 72.2 Å². The maximum absolute atomic E-state index is 9.01. The van der Waals surface area contributed by atoms with E-state index >= 15 is 0 Å². The van der Waals surface area contributed by atoms with Crippen molar-refractivity contribution in [2.24, 2.45) is 0 Å². The van der Waals surface area contributed by atoms with Gasteiger partial charge in [-0.1, -0.05) is 29.5 Å². The smallest absolute Gasteiger partial charge is 0.183 e. The fourth-order valence-corrected chi connectivity index (χ4v) is 3.46. The molecule has 0 radical (unpaired) electrons. The summed E-state index contributed by atoms with van der Waals surface area (Å²) in [6.45, 7) is 5.84. The third kappa shape index (κ3) is 4.18. The first-order valence-electron chi connectivity index (χ1n) is 8.28. The van der Waals surface area contributed by atoms with Crippen molar-refractivity contribution in [3.63, 3.8) is 0 Å². The fraction of sp³-hybridized carbons (Fsp3) is 0.333. The molecule has 0 unspecified atom stereocenters. The molecule has 7 heteroatoms. The molecule has 0 aliphatic carbocycles. The second-order valence-electron chi connectivity index (χ2n) is 5.52. The molecule has 25 heavy (non-hydrogen) atoms. The van der Waals surface area contributed by atoms with Crippen LogP contribution in [0.25, 0.3) is 10.6 Å². The van der Waals surface area contributed by atoms with Crippen LogP contribution in [0.5, 0.6) is 5.75 Å². The number of ether oxygens (including phenoxy) is 1. The Balaban J connectivity index is 1.72. The molecule has 0 saturated carbocycles. The lowest BCUT2D eigenvalue weighted by Crippen LogP contribution is -2.02. The van der Waals surface area contributed by atoms with Crippen LogP contribution in [0.1, 0.15) is 18.2 Å². The molecule has 1 aromatic carbocycles. The Kier molecular flexibility index (Phi) is 5.67. The normalized spacial score (nSPS) is 10.8. The molecule has 0 aliphatic rings. The summed E-state index contributed by atoms with van der Waals surface area (Å²) in [5.74, 6) is 0.897. The van der Waals surface area contributed by atoms with Crippen molar-refractivity contribution in [2.75, 3.05) is 18.5 Å². The van der Waals surface area contributed by atoms with Crippen LogP contribution in [0.3, 0.4) is 0 Å². The zero-order valence-corrected chi connectivity index (χ0v) is 15.2. The van der Waals surface area contributed by atoms with Crippen molar-refractivity contribution in [3.05, 3.63) is 47.8 Å². The van der Waals surface area contributed by atoms with Crippen LogP contribution in [0.4, 0.5) is 5.13 Å². The predicted molar refractivity (Wildman–Crippen MR) is 100 cm³/mol. The average Bonchev–Trinajstić information content (AvgIpc) is 3.21. The molecule has 3 rings (SSSR count). The highest BCUT2D eigenvalue weighted by Crippen LogP contribution is 2.32. The van der Waals surface area contributed by atoms with Crippen molar-refractivity contribution >= 4 is 16.5 Å². The Morgan fingerprint density at radius 1 is 1.28 bits per heavy atom. The van der Waals surface area contributed by atoms with Gasteiger partial charge < -0.3 is 15.2 Å². The summed E-state index contributed by atoms with van der Waals surface area (Å²) in [5, 5.41) is 17.7. The minimum atomic E-state index is 0.0782. The first-order chi connectivity index (χ1) is 12.2. The highest BCUT2D eigenvalue weighted by atomic mass is 32.1. The molecule has 0 aliphatic heterocycles. The van der Waals surface area contributed by atoms with Crippen LogP contribution in [0, 0.1) is 6.92 Å². The van der Waals surface area contributed by atoms with E-state index in [1.807, 2.05) is 44.3 Å². The number of aromatic nitrogens is 3. The summed E-state index contributed by atoms with van der Waals surface area (Å²) in [6.07, 6.45) is 1.87. The molecule has 2 heterocycles. The predicted octanol–water partition coefficient (Wildman–Crippen LogP) is 3.32. The van der Waals surface area contributed by atoms with Crippen LogP contribution in [-0.2, 0) is 13.1 Å². The first-order valence-corrected chi connectivity index (χ1v) is 9.09. The zero-order valence-electron chi connectivity index (χ0n) is 14.4. The second kappa shape index (κ2) is 8.13. The number of hydrogen-bond donors (Lipinski definition) is 2. The van der Waals surface area contributed by atoms with Gasteiger partial charge in [0.2, 0.25) is 0 Å². The van der Waals surface area contributed by atoms with Crippen LogP contribution >= 0.6 is 11.3 Å². The monoisotopic (exact) mass is 358 g/mol. The van der Waals surface area contributed by atoms with Gasteiger partial charge in [0.05, 0.1) is 30.3 Å². The minimum Gasteiger partial charge on any atom is -0.494 e. The number of aliphatic hydroxyl groups is 1. The number of anilines is 1. The molecule has 2 aromatic heterocycles. The molecule has 3 aromatic rings. The van der Waals surface area contributed by atoms with Crippen LogP contribution in [0.2, 0.25) is 0 Å². The lowest BCUT2D eigenvalue weighted by Gasteiger charge is -2.10. The molecule has 132 valence electrons. The summed E-state index contributed by atoms with van der Waals surface area (Å²) in [6, 6.07) is 9.96. The molecule has 0 spiro atoms. The summed E-state index contributed by atoms with van der Waals surface area (Å²) in [4.78, 5) is 5.64. The summed E-state index contributed by atoms with van der Waals surface area (Å²) < 4.78 is 7.40. The van der Waals surface area contributed by atoms with Gasteiger partial charge in [0.1, 0.15) is 11.4 Å². The van der Waals surface area contributed by atoms with Gasteiger partial charge in [-0.15, -0.1) is 0 Å². The Hall–Kier alpha value is -2.38. The van der Waals surface area contributed by atoms with Crippen LogP contribution in [-0.4, -0.2) is 33.1 Å². The lowest BCUT2D eigenvalue weighted by molar-refractivity contribution is 0.269. The third-order valence-electron chi connectivity index (χ3n) is 3.70. The highest BCUT2D eigenvalue weighted by Gasteiger charge is 2.13. The SMILES string of the molecule is CCOc1ccccc1CNc1nc(C)c(-c2ccn(CCO)n2)s1. The van der Waals surface area contributed by atoms with Gasteiger partial charge in [-0.3, -0.25) is 4.68 Å². The molecule has 0 bridgehead atoms. The van der Waals surface area contributed by atoms with Crippen molar-refractivity contribution in [1.82, 2.24) is 14.8 Å². The Bertz CT molecular complexity index is 828. The molecule has 6 nitrogen and oxygen atoms in total. The first kappa shape index (κ1) is 17.4. The summed E-state index contributed by atoms with van der Waals surface area (Å²) in [5.41, 5.74) is 2.93. The number of nitrogens with zero attached hydrogens (tertiary/aromatic N) is 3. The molecule has 0 atom stereocenters. The van der Waals surface area contributed by atoms with Crippen molar-refractivity contribution in [1.29, 1.82) is 0 Å². The van der Waals surface area contributed by atoms with E-state index in [1.54, 1.807) is 16.0 Å². The fourth-order valence-electron chi connectivity index (χ4n) is 2.54. The van der Waals surface area contributed by atoms with Gasteiger partial charge in [-0.25, -0.2) is 4.98 Å². The summed E-state index contributed by atoms with van der Waals surface area (Å²) >= 11 is 1.58. The number of para-hydroxylation sites is 1. The van der Waals surface area contributed by atoms with E-state index in [1.165, 1.54) is 0 Å².